The molecule has 0 bridgehead atoms. The second kappa shape index (κ2) is 13.1. The summed E-state index contributed by atoms with van der Waals surface area (Å²) in [5.41, 5.74) is 7.66. The van der Waals surface area contributed by atoms with Crippen molar-refractivity contribution in [2.75, 3.05) is 13.1 Å². The maximum Gasteiger partial charge on any atom is 0.306 e. The van der Waals surface area contributed by atoms with E-state index in [2.05, 4.69) is 65.1 Å². The SMILES string of the molecule is CC[C@H](/C=C/[C@@H](C)[C@H]1CC[C@H]2[C@@H]3CC=C4C[C@@H](OC(=O)CCC(=O)NCCN)CC[C@]4(C)[C@H]3CC[C@]12C)C(C)C. The average Bonchev–Trinajstić information content (AvgIpc) is 3.28. The third-order valence-corrected chi connectivity index (χ3v) is 12.1. The molecular weight excluding hydrogens is 496 g/mol. The van der Waals surface area contributed by atoms with Gasteiger partial charge in [-0.2, -0.15) is 0 Å². The van der Waals surface area contributed by atoms with Crippen LogP contribution in [-0.2, 0) is 14.3 Å². The van der Waals surface area contributed by atoms with Gasteiger partial charge in [0, 0.05) is 25.9 Å². The van der Waals surface area contributed by atoms with Crippen molar-refractivity contribution in [2.45, 2.75) is 118 Å². The summed E-state index contributed by atoms with van der Waals surface area (Å²) >= 11 is 0. The zero-order valence-electron chi connectivity index (χ0n) is 26.3. The van der Waals surface area contributed by atoms with Crippen LogP contribution in [0, 0.1) is 52.3 Å². The molecule has 226 valence electrons. The molecule has 5 nitrogen and oxygen atoms in total. The van der Waals surface area contributed by atoms with E-state index in [1.807, 2.05) is 0 Å². The van der Waals surface area contributed by atoms with Crippen molar-refractivity contribution < 1.29 is 14.3 Å². The molecule has 0 aromatic carbocycles. The van der Waals surface area contributed by atoms with Gasteiger partial charge in [-0.3, -0.25) is 9.59 Å². The van der Waals surface area contributed by atoms with Gasteiger partial charge >= 0.3 is 5.97 Å². The second-order valence-electron chi connectivity index (χ2n) is 14.5. The van der Waals surface area contributed by atoms with Gasteiger partial charge in [0.15, 0.2) is 0 Å². The highest BCUT2D eigenvalue weighted by atomic mass is 16.5. The Morgan fingerprint density at radius 3 is 2.55 bits per heavy atom. The molecule has 0 aromatic rings. The number of esters is 1. The highest BCUT2D eigenvalue weighted by molar-refractivity contribution is 5.81. The minimum atomic E-state index is -0.252. The number of amides is 1. The normalized spacial score (nSPS) is 36.8. The van der Waals surface area contributed by atoms with Crippen LogP contribution >= 0.6 is 0 Å². The van der Waals surface area contributed by atoms with Gasteiger partial charge in [-0.1, -0.05) is 65.3 Å². The number of rotatable bonds is 11. The van der Waals surface area contributed by atoms with Crippen molar-refractivity contribution in [3.8, 4) is 0 Å². The summed E-state index contributed by atoms with van der Waals surface area (Å²) in [6.45, 7) is 15.5. The average molecular weight is 555 g/mol. The Hall–Kier alpha value is -1.62. The number of fused-ring (bicyclic) bond motifs is 5. The lowest BCUT2D eigenvalue weighted by atomic mass is 9.47. The van der Waals surface area contributed by atoms with Crippen LogP contribution in [0.25, 0.3) is 0 Å². The Morgan fingerprint density at radius 1 is 1.07 bits per heavy atom. The van der Waals surface area contributed by atoms with E-state index >= 15 is 0 Å². The molecule has 0 heterocycles. The Balaban J connectivity index is 1.37. The first-order valence-corrected chi connectivity index (χ1v) is 16.6. The molecule has 0 spiro atoms. The maximum absolute atomic E-state index is 12.5. The molecule has 0 aliphatic heterocycles. The van der Waals surface area contributed by atoms with Crippen LogP contribution < -0.4 is 11.1 Å². The molecular formula is C35H58N2O3. The van der Waals surface area contributed by atoms with Gasteiger partial charge in [-0.15, -0.1) is 0 Å². The van der Waals surface area contributed by atoms with Crippen molar-refractivity contribution in [1.29, 1.82) is 0 Å². The van der Waals surface area contributed by atoms with E-state index in [-0.39, 0.29) is 36.2 Å². The largest absolute Gasteiger partial charge is 0.462 e. The summed E-state index contributed by atoms with van der Waals surface area (Å²) in [5, 5.41) is 2.72. The quantitative estimate of drug-likeness (QED) is 0.209. The smallest absolute Gasteiger partial charge is 0.306 e. The van der Waals surface area contributed by atoms with Gasteiger partial charge in [0.1, 0.15) is 6.10 Å². The lowest BCUT2D eigenvalue weighted by molar-refractivity contribution is -0.152. The van der Waals surface area contributed by atoms with Crippen LogP contribution in [0.4, 0.5) is 0 Å². The van der Waals surface area contributed by atoms with Crippen LogP contribution in [0.3, 0.4) is 0 Å². The molecule has 5 heteroatoms. The molecule has 3 saturated carbocycles. The predicted octanol–water partition coefficient (Wildman–Crippen LogP) is 7.21. The van der Waals surface area contributed by atoms with Crippen LogP contribution in [0.5, 0.6) is 0 Å². The van der Waals surface area contributed by atoms with Gasteiger partial charge in [0.05, 0.1) is 6.42 Å². The van der Waals surface area contributed by atoms with E-state index in [9.17, 15) is 9.59 Å². The predicted molar refractivity (Wildman–Crippen MR) is 163 cm³/mol. The number of nitrogens with one attached hydrogen (secondary N) is 1. The van der Waals surface area contributed by atoms with Crippen molar-refractivity contribution >= 4 is 11.9 Å². The van der Waals surface area contributed by atoms with Crippen molar-refractivity contribution in [2.24, 2.45) is 58.0 Å². The van der Waals surface area contributed by atoms with E-state index < -0.39 is 0 Å². The van der Waals surface area contributed by atoms with E-state index in [1.54, 1.807) is 0 Å². The molecule has 0 radical (unpaired) electrons. The van der Waals surface area contributed by atoms with Gasteiger partial charge in [-0.05, 0) is 104 Å². The van der Waals surface area contributed by atoms with Crippen LogP contribution in [0.1, 0.15) is 112 Å². The van der Waals surface area contributed by atoms with Crippen molar-refractivity contribution in [3.05, 3.63) is 23.8 Å². The van der Waals surface area contributed by atoms with E-state index in [0.29, 0.717) is 36.3 Å². The summed E-state index contributed by atoms with van der Waals surface area (Å²) in [6, 6.07) is 0. The van der Waals surface area contributed by atoms with Gasteiger partial charge < -0.3 is 15.8 Å². The lowest BCUT2D eigenvalue weighted by Crippen LogP contribution is -2.51. The third kappa shape index (κ3) is 6.40. The highest BCUT2D eigenvalue weighted by Gasteiger charge is 2.59. The van der Waals surface area contributed by atoms with E-state index in [0.717, 1.165) is 42.9 Å². The van der Waals surface area contributed by atoms with Crippen LogP contribution in [0.15, 0.2) is 23.8 Å². The summed E-state index contributed by atoms with van der Waals surface area (Å²) in [5.74, 6) is 4.84. The number of allylic oxidation sites excluding steroid dienone is 3. The molecule has 3 fully saturated rings. The summed E-state index contributed by atoms with van der Waals surface area (Å²) in [6.07, 6.45) is 18.7. The molecule has 1 amide bonds. The highest BCUT2D eigenvalue weighted by Crippen LogP contribution is 2.67. The topological polar surface area (TPSA) is 81.4 Å². The first-order chi connectivity index (χ1) is 19.0. The fourth-order valence-corrected chi connectivity index (χ4v) is 9.67. The minimum Gasteiger partial charge on any atom is -0.462 e. The number of carbonyl (C=O) groups is 2. The summed E-state index contributed by atoms with van der Waals surface area (Å²) < 4.78 is 5.87. The monoisotopic (exact) mass is 554 g/mol. The van der Waals surface area contributed by atoms with Gasteiger partial charge in [0.25, 0.3) is 0 Å². The lowest BCUT2D eigenvalue weighted by Gasteiger charge is -2.58. The molecule has 0 aromatic heterocycles. The number of hydrogen-bond donors (Lipinski definition) is 2. The van der Waals surface area contributed by atoms with Crippen molar-refractivity contribution in [3.63, 3.8) is 0 Å². The second-order valence-corrected chi connectivity index (χ2v) is 14.5. The molecule has 0 unspecified atom stereocenters. The zero-order chi connectivity index (χ0) is 29.1. The van der Waals surface area contributed by atoms with E-state index in [4.69, 9.17) is 10.5 Å². The molecule has 4 aliphatic carbocycles. The summed E-state index contributed by atoms with van der Waals surface area (Å²) in [7, 11) is 0. The van der Waals surface area contributed by atoms with Crippen LogP contribution in [-0.4, -0.2) is 31.1 Å². The Labute approximate surface area is 244 Å². The molecule has 9 atom stereocenters. The van der Waals surface area contributed by atoms with Crippen LogP contribution in [0.2, 0.25) is 0 Å². The van der Waals surface area contributed by atoms with Gasteiger partial charge in [-0.25, -0.2) is 0 Å². The number of hydrogen-bond acceptors (Lipinski definition) is 4. The number of ether oxygens (including phenoxy) is 1. The molecule has 0 saturated heterocycles. The van der Waals surface area contributed by atoms with Crippen molar-refractivity contribution in [1.82, 2.24) is 5.32 Å². The Morgan fingerprint density at radius 2 is 1.85 bits per heavy atom. The standard InChI is InChI=1S/C35H58N2O3/c1-7-25(23(2)3)9-8-24(4)29-12-13-30-28-11-10-26-22-27(40-33(39)15-14-32(38)37-21-20-36)16-18-34(26,5)31(28)17-19-35(29,30)6/h8-10,23-25,27-31H,7,11-22,36H2,1-6H3,(H,37,38)/b9-8+/t24-,25-,27+,28+,29-,30+,31+,34+,35-/m1/s1. The summed E-state index contributed by atoms with van der Waals surface area (Å²) in [4.78, 5) is 24.3. The first kappa shape index (κ1) is 31.3. The first-order valence-electron chi connectivity index (χ1n) is 16.6. The Kier molecular flexibility index (Phi) is 10.3. The number of carbonyl (C=O) groups excluding carboxylic acids is 2. The number of nitrogens with two attached hydrogens (primary N) is 1. The minimum absolute atomic E-state index is 0.0504. The fourth-order valence-electron chi connectivity index (χ4n) is 9.67. The molecule has 4 aliphatic rings. The van der Waals surface area contributed by atoms with E-state index in [1.165, 1.54) is 44.1 Å². The zero-order valence-corrected chi connectivity index (χ0v) is 26.3. The Bertz CT molecular complexity index is 956. The fraction of sp³-hybridized carbons (Fsp3) is 0.829. The van der Waals surface area contributed by atoms with Gasteiger partial charge in [0.2, 0.25) is 5.91 Å². The molecule has 4 rings (SSSR count). The molecule has 40 heavy (non-hydrogen) atoms. The third-order valence-electron chi connectivity index (χ3n) is 12.1. The maximum atomic E-state index is 12.5. The molecule has 3 N–H and O–H groups in total.